The van der Waals surface area contributed by atoms with E-state index in [1.807, 2.05) is 29.6 Å². The van der Waals surface area contributed by atoms with Crippen LogP contribution in [0.25, 0.3) is 10.8 Å². The van der Waals surface area contributed by atoms with Crippen molar-refractivity contribution in [1.82, 2.24) is 10.2 Å². The summed E-state index contributed by atoms with van der Waals surface area (Å²) in [5, 5.41) is 10.7. The number of rotatable bonds is 4. The first-order chi connectivity index (χ1) is 9.72. The molecule has 0 fully saturated rings. The second-order valence-corrected chi connectivity index (χ2v) is 6.33. The maximum atomic E-state index is 6.12. The number of nitrogens with zero attached hydrogens (tertiary/aromatic N) is 2. The molecule has 0 atom stereocenters. The first-order valence-electron chi connectivity index (χ1n) is 5.76. The van der Waals surface area contributed by atoms with Gasteiger partial charge in [0.25, 0.3) is 5.89 Å². The molecule has 0 radical (unpaired) electrons. The van der Waals surface area contributed by atoms with Crippen LogP contribution < -0.4 is 5.73 Å². The van der Waals surface area contributed by atoms with Crippen LogP contribution in [0.15, 0.2) is 45.0 Å². The van der Waals surface area contributed by atoms with Crippen molar-refractivity contribution in [3.05, 3.63) is 46.6 Å². The number of thioether (sulfide) groups is 1. The largest absolute Gasteiger partial charge is 0.419 e. The molecule has 102 valence electrons. The first-order valence-corrected chi connectivity index (χ1v) is 8.01. The number of thiophene rings is 1. The molecule has 0 bridgehead atoms. The van der Waals surface area contributed by atoms with E-state index in [9.17, 15) is 0 Å². The minimum Gasteiger partial charge on any atom is -0.419 e. The highest BCUT2D eigenvalue weighted by molar-refractivity contribution is 7.98. The lowest BCUT2D eigenvalue weighted by atomic mass is 10.3. The van der Waals surface area contributed by atoms with Crippen LogP contribution in [0.4, 0.5) is 5.69 Å². The van der Waals surface area contributed by atoms with Crippen molar-refractivity contribution >= 4 is 40.4 Å². The summed E-state index contributed by atoms with van der Waals surface area (Å²) in [5.74, 6) is 1.70. The molecule has 2 heterocycles. The fraction of sp³-hybridized carbons (Fsp3) is 0.0769. The fourth-order valence-corrected chi connectivity index (χ4v) is 3.34. The van der Waals surface area contributed by atoms with Crippen LogP contribution in [0.2, 0.25) is 5.02 Å². The molecule has 0 unspecified atom stereocenters. The predicted molar refractivity (Wildman–Crippen MR) is 83.0 cm³/mol. The molecule has 3 rings (SSSR count). The molecular formula is C13H10ClN3OS2. The number of halogens is 1. The fourth-order valence-electron chi connectivity index (χ4n) is 1.59. The van der Waals surface area contributed by atoms with Crippen molar-refractivity contribution in [2.45, 2.75) is 10.6 Å². The van der Waals surface area contributed by atoms with Gasteiger partial charge in [0.1, 0.15) is 0 Å². The number of anilines is 1. The monoisotopic (exact) mass is 323 g/mol. The van der Waals surface area contributed by atoms with Crippen LogP contribution in [-0.2, 0) is 5.75 Å². The summed E-state index contributed by atoms with van der Waals surface area (Å²) in [7, 11) is 0. The zero-order valence-corrected chi connectivity index (χ0v) is 12.6. The Hall–Kier alpha value is -1.50. The van der Waals surface area contributed by atoms with Crippen LogP contribution in [0.3, 0.4) is 0 Å². The standard InChI is InChI=1S/C13H10ClN3OS2/c14-9-6-8(15)3-4-10(9)20-7-12-16-17-13(18-12)11-2-1-5-19-11/h1-6H,7,15H2. The van der Waals surface area contributed by atoms with Gasteiger partial charge in [0.05, 0.1) is 15.7 Å². The second-order valence-electron chi connectivity index (χ2n) is 3.96. The summed E-state index contributed by atoms with van der Waals surface area (Å²) in [4.78, 5) is 1.91. The third-order valence-electron chi connectivity index (χ3n) is 2.51. The Kier molecular flexibility index (Phi) is 3.95. The predicted octanol–water partition coefficient (Wildman–Crippen LogP) is 4.33. The zero-order valence-electron chi connectivity index (χ0n) is 10.2. The van der Waals surface area contributed by atoms with E-state index in [4.69, 9.17) is 21.8 Å². The Morgan fingerprint density at radius 2 is 2.20 bits per heavy atom. The molecule has 2 N–H and O–H groups in total. The Balaban J connectivity index is 1.70. The van der Waals surface area contributed by atoms with Crippen molar-refractivity contribution in [2.75, 3.05) is 5.73 Å². The minimum absolute atomic E-state index is 0.555. The Labute approximate surface area is 129 Å². The summed E-state index contributed by atoms with van der Waals surface area (Å²) >= 11 is 9.23. The second kappa shape index (κ2) is 5.87. The van der Waals surface area contributed by atoms with E-state index in [1.165, 1.54) is 11.8 Å². The summed E-state index contributed by atoms with van der Waals surface area (Å²) in [6.07, 6.45) is 0. The van der Waals surface area contributed by atoms with E-state index in [0.717, 1.165) is 9.77 Å². The molecule has 1 aromatic carbocycles. The smallest absolute Gasteiger partial charge is 0.257 e. The molecule has 0 saturated heterocycles. The lowest BCUT2D eigenvalue weighted by Gasteiger charge is -2.02. The van der Waals surface area contributed by atoms with Crippen LogP contribution in [-0.4, -0.2) is 10.2 Å². The van der Waals surface area contributed by atoms with E-state index < -0.39 is 0 Å². The van der Waals surface area contributed by atoms with Gasteiger partial charge in [-0.25, -0.2) is 0 Å². The van der Waals surface area contributed by atoms with Gasteiger partial charge in [-0.3, -0.25) is 0 Å². The van der Waals surface area contributed by atoms with Crippen molar-refractivity contribution in [1.29, 1.82) is 0 Å². The van der Waals surface area contributed by atoms with Crippen molar-refractivity contribution in [3.63, 3.8) is 0 Å². The molecule has 7 heteroatoms. The average Bonchev–Trinajstić information content (AvgIpc) is 3.08. The Morgan fingerprint density at radius 3 is 2.95 bits per heavy atom. The number of nitrogens with two attached hydrogens (primary N) is 1. The Morgan fingerprint density at radius 1 is 1.30 bits per heavy atom. The number of hydrogen-bond donors (Lipinski definition) is 1. The van der Waals surface area contributed by atoms with E-state index in [1.54, 1.807) is 17.4 Å². The van der Waals surface area contributed by atoms with Gasteiger partial charge in [-0.15, -0.1) is 33.3 Å². The van der Waals surface area contributed by atoms with Crippen molar-refractivity contribution in [3.8, 4) is 10.8 Å². The van der Waals surface area contributed by atoms with Gasteiger partial charge in [0.15, 0.2) is 0 Å². The number of aromatic nitrogens is 2. The van der Waals surface area contributed by atoms with E-state index in [-0.39, 0.29) is 0 Å². The highest BCUT2D eigenvalue weighted by Crippen LogP contribution is 2.31. The number of hydrogen-bond acceptors (Lipinski definition) is 6. The van der Waals surface area contributed by atoms with Crippen LogP contribution in [0, 0.1) is 0 Å². The van der Waals surface area contributed by atoms with Crippen LogP contribution >= 0.6 is 34.7 Å². The van der Waals surface area contributed by atoms with Gasteiger partial charge in [-0.2, -0.15) is 0 Å². The van der Waals surface area contributed by atoms with Gasteiger partial charge in [-0.1, -0.05) is 17.7 Å². The molecule has 0 aliphatic rings. The number of benzene rings is 1. The molecule has 0 aliphatic heterocycles. The average molecular weight is 324 g/mol. The van der Waals surface area contributed by atoms with E-state index in [2.05, 4.69) is 10.2 Å². The quantitative estimate of drug-likeness (QED) is 0.572. The molecule has 0 aliphatic carbocycles. The third-order valence-corrected chi connectivity index (χ3v) is 4.85. The van der Waals surface area contributed by atoms with Gasteiger partial charge in [-0.05, 0) is 29.6 Å². The molecule has 0 spiro atoms. The van der Waals surface area contributed by atoms with Crippen LogP contribution in [0.1, 0.15) is 5.89 Å². The van der Waals surface area contributed by atoms with Crippen molar-refractivity contribution < 1.29 is 4.42 Å². The topological polar surface area (TPSA) is 64.9 Å². The van der Waals surface area contributed by atoms with Gasteiger partial charge in [0, 0.05) is 10.6 Å². The highest BCUT2D eigenvalue weighted by atomic mass is 35.5. The lowest BCUT2D eigenvalue weighted by Crippen LogP contribution is -1.85. The molecule has 20 heavy (non-hydrogen) atoms. The van der Waals surface area contributed by atoms with Gasteiger partial charge < -0.3 is 10.2 Å². The molecule has 0 amide bonds. The third kappa shape index (κ3) is 2.98. The zero-order chi connectivity index (χ0) is 13.9. The van der Waals surface area contributed by atoms with Gasteiger partial charge >= 0.3 is 0 Å². The first kappa shape index (κ1) is 13.5. The van der Waals surface area contributed by atoms with Crippen molar-refractivity contribution in [2.24, 2.45) is 0 Å². The summed E-state index contributed by atoms with van der Waals surface area (Å²) in [6, 6.07) is 9.34. The maximum absolute atomic E-state index is 6.12. The lowest BCUT2D eigenvalue weighted by molar-refractivity contribution is 0.529. The summed E-state index contributed by atoms with van der Waals surface area (Å²) in [5.41, 5.74) is 6.31. The molecule has 2 aromatic heterocycles. The SMILES string of the molecule is Nc1ccc(SCc2nnc(-c3cccs3)o2)c(Cl)c1. The number of nitrogen functional groups attached to an aromatic ring is 1. The highest BCUT2D eigenvalue weighted by Gasteiger charge is 2.10. The Bertz CT molecular complexity index is 712. The molecule has 3 aromatic rings. The summed E-state index contributed by atoms with van der Waals surface area (Å²) in [6.45, 7) is 0. The minimum atomic E-state index is 0.555. The molecule has 0 saturated carbocycles. The van der Waals surface area contributed by atoms with Gasteiger partial charge in [0.2, 0.25) is 5.89 Å². The maximum Gasteiger partial charge on any atom is 0.257 e. The molecular weight excluding hydrogens is 314 g/mol. The summed E-state index contributed by atoms with van der Waals surface area (Å²) < 4.78 is 5.61. The van der Waals surface area contributed by atoms with Crippen LogP contribution in [0.5, 0.6) is 0 Å². The van der Waals surface area contributed by atoms with E-state index >= 15 is 0 Å². The normalized spacial score (nSPS) is 10.8. The molecule has 4 nitrogen and oxygen atoms in total. The van der Waals surface area contributed by atoms with E-state index in [0.29, 0.717) is 28.2 Å².